The van der Waals surface area contributed by atoms with Gasteiger partial charge < -0.3 is 4.74 Å². The molecule has 0 unspecified atom stereocenters. The van der Waals surface area contributed by atoms with Crippen molar-refractivity contribution in [1.29, 1.82) is 5.26 Å². The largest absolute Gasteiger partial charge is 0.439 e. The maximum absolute atomic E-state index is 13.4. The number of H-pyrrole nitrogens is 1. The molecular weight excluding hydrogens is 486 g/mol. The van der Waals surface area contributed by atoms with Gasteiger partial charge in [-0.15, -0.1) is 11.3 Å². The predicted octanol–water partition coefficient (Wildman–Crippen LogP) is 5.76. The number of nitriles is 1. The van der Waals surface area contributed by atoms with E-state index in [2.05, 4.69) is 16.0 Å². The van der Waals surface area contributed by atoms with Gasteiger partial charge in [-0.25, -0.2) is 18.6 Å². The number of aromatic amines is 1. The molecule has 7 nitrogen and oxygen atoms in total. The predicted molar refractivity (Wildman–Crippen MR) is 135 cm³/mol. The van der Waals surface area contributed by atoms with E-state index in [1.54, 1.807) is 37.4 Å². The Labute approximate surface area is 209 Å². The summed E-state index contributed by atoms with van der Waals surface area (Å²) in [5.41, 5.74) is 0.342. The Bertz CT molecular complexity index is 1570. The molecule has 0 aliphatic carbocycles. The summed E-state index contributed by atoms with van der Waals surface area (Å²) in [5, 5.41) is 9.58. The van der Waals surface area contributed by atoms with Crippen molar-refractivity contribution in [1.82, 2.24) is 14.5 Å². The van der Waals surface area contributed by atoms with Crippen molar-refractivity contribution < 1.29 is 13.5 Å². The molecule has 0 atom stereocenters. The van der Waals surface area contributed by atoms with Crippen LogP contribution in [0.5, 0.6) is 11.6 Å². The van der Waals surface area contributed by atoms with Crippen molar-refractivity contribution in [3.63, 3.8) is 0 Å². The zero-order chi connectivity index (χ0) is 26.3. The quantitative estimate of drug-likeness (QED) is 0.341. The number of ether oxygens (including phenoxy) is 1. The Kier molecular flexibility index (Phi) is 6.54. The summed E-state index contributed by atoms with van der Waals surface area (Å²) in [6.07, 6.45) is 1.07. The van der Waals surface area contributed by atoms with Gasteiger partial charge in [0.25, 0.3) is 5.56 Å². The van der Waals surface area contributed by atoms with Crippen LogP contribution in [0.1, 0.15) is 38.3 Å². The van der Waals surface area contributed by atoms with Crippen molar-refractivity contribution in [2.75, 3.05) is 0 Å². The van der Waals surface area contributed by atoms with Crippen LogP contribution >= 0.6 is 11.3 Å². The van der Waals surface area contributed by atoms with Crippen LogP contribution in [0, 0.1) is 18.3 Å². The zero-order valence-electron chi connectivity index (χ0n) is 20.2. The standard InChI is InChI=1S/C26H24F2N4O3S/c1-15-20-22(33)31-24(34)32(12-11-26(4,27)28)23(20)36-21(15)16-5-10-19(30-13-16)35-18-8-6-17(7-9-18)25(2,3)14-29/h5-10,13H,11-12H2,1-4H3,(H,31,33,34). The lowest BCUT2D eigenvalue weighted by Gasteiger charge is -2.16. The SMILES string of the molecule is Cc1c(-c2ccc(Oc3ccc(C(C)(C)C#N)cc3)nc2)sc2c1c(=O)[nH]c(=O)n2CCC(C)(F)F. The molecule has 0 aliphatic heterocycles. The van der Waals surface area contributed by atoms with Crippen LogP contribution in [0.25, 0.3) is 20.7 Å². The topological polar surface area (TPSA) is 101 Å². The number of fused-ring (bicyclic) bond motifs is 1. The highest BCUT2D eigenvalue weighted by Crippen LogP contribution is 2.37. The smallest absolute Gasteiger partial charge is 0.329 e. The molecule has 1 aromatic carbocycles. The summed E-state index contributed by atoms with van der Waals surface area (Å²) in [5.74, 6) is -2.03. The van der Waals surface area contributed by atoms with Gasteiger partial charge in [0, 0.05) is 35.7 Å². The van der Waals surface area contributed by atoms with Gasteiger partial charge in [0.15, 0.2) is 0 Å². The van der Waals surface area contributed by atoms with Crippen molar-refractivity contribution in [3.05, 3.63) is 74.6 Å². The van der Waals surface area contributed by atoms with E-state index in [-0.39, 0.29) is 6.54 Å². The average molecular weight is 511 g/mol. The molecule has 3 aromatic heterocycles. The molecule has 0 saturated heterocycles. The van der Waals surface area contributed by atoms with Gasteiger partial charge in [-0.3, -0.25) is 14.3 Å². The van der Waals surface area contributed by atoms with Gasteiger partial charge in [-0.1, -0.05) is 12.1 Å². The molecule has 4 aromatic rings. The van der Waals surface area contributed by atoms with Gasteiger partial charge in [0.2, 0.25) is 11.8 Å². The third-order valence-corrected chi connectivity index (χ3v) is 7.28. The number of nitrogens with zero attached hydrogens (tertiary/aromatic N) is 3. The number of hydrogen-bond acceptors (Lipinski definition) is 6. The van der Waals surface area contributed by atoms with E-state index in [1.165, 1.54) is 15.9 Å². The molecule has 0 saturated carbocycles. The maximum atomic E-state index is 13.4. The van der Waals surface area contributed by atoms with Crippen LogP contribution in [-0.4, -0.2) is 20.5 Å². The summed E-state index contributed by atoms with van der Waals surface area (Å²) in [6, 6.07) is 12.9. The lowest BCUT2D eigenvalue weighted by molar-refractivity contribution is 0.00873. The lowest BCUT2D eigenvalue weighted by Crippen LogP contribution is -2.31. The number of benzene rings is 1. The number of aryl methyl sites for hydroxylation is 2. The number of hydrogen-bond donors (Lipinski definition) is 1. The fourth-order valence-corrected chi connectivity index (χ4v) is 5.08. The number of aromatic nitrogens is 3. The molecule has 0 fully saturated rings. The first-order valence-corrected chi connectivity index (χ1v) is 12.0. The van der Waals surface area contributed by atoms with Crippen LogP contribution in [0.3, 0.4) is 0 Å². The molecular formula is C26H24F2N4O3S. The van der Waals surface area contributed by atoms with Gasteiger partial charge in [0.1, 0.15) is 10.6 Å². The van der Waals surface area contributed by atoms with Gasteiger partial charge in [0.05, 0.1) is 16.9 Å². The van der Waals surface area contributed by atoms with Crippen LogP contribution < -0.4 is 16.0 Å². The Morgan fingerprint density at radius 3 is 2.42 bits per heavy atom. The molecule has 4 rings (SSSR count). The van der Waals surface area contributed by atoms with Crippen molar-refractivity contribution in [3.8, 4) is 28.1 Å². The van der Waals surface area contributed by atoms with E-state index >= 15 is 0 Å². The van der Waals surface area contributed by atoms with E-state index in [1.807, 2.05) is 26.0 Å². The highest BCUT2D eigenvalue weighted by atomic mass is 32.1. The molecule has 36 heavy (non-hydrogen) atoms. The monoisotopic (exact) mass is 510 g/mol. The number of rotatable bonds is 7. The Morgan fingerprint density at radius 1 is 1.14 bits per heavy atom. The molecule has 0 bridgehead atoms. The summed E-state index contributed by atoms with van der Waals surface area (Å²) < 4.78 is 33.9. The fourth-order valence-electron chi connectivity index (χ4n) is 3.76. The second kappa shape index (κ2) is 9.32. The van der Waals surface area contributed by atoms with E-state index in [0.29, 0.717) is 37.9 Å². The Balaban J connectivity index is 1.63. The molecule has 1 N–H and O–H groups in total. The lowest BCUT2D eigenvalue weighted by atomic mass is 9.86. The first-order chi connectivity index (χ1) is 16.9. The molecule has 186 valence electrons. The summed E-state index contributed by atoms with van der Waals surface area (Å²) in [6.45, 7) is 6.01. The number of nitrogens with one attached hydrogen (secondary N) is 1. The zero-order valence-corrected chi connectivity index (χ0v) is 21.0. The number of pyridine rings is 1. The van der Waals surface area contributed by atoms with Gasteiger partial charge in [-0.2, -0.15) is 5.26 Å². The first-order valence-electron chi connectivity index (χ1n) is 11.2. The third kappa shape index (κ3) is 5.06. The van der Waals surface area contributed by atoms with Gasteiger partial charge in [-0.05, 0) is 57.0 Å². The van der Waals surface area contributed by atoms with Crippen molar-refractivity contribution in [2.24, 2.45) is 0 Å². The Hall–Kier alpha value is -3.84. The molecule has 10 heteroatoms. The molecule has 0 spiro atoms. The van der Waals surface area contributed by atoms with Crippen molar-refractivity contribution in [2.45, 2.75) is 52.0 Å². The minimum Gasteiger partial charge on any atom is -0.439 e. The van der Waals surface area contributed by atoms with Gasteiger partial charge >= 0.3 is 5.69 Å². The number of alkyl halides is 2. The Morgan fingerprint density at radius 2 is 1.83 bits per heavy atom. The van der Waals surface area contributed by atoms with E-state index in [0.717, 1.165) is 12.5 Å². The second-order valence-electron chi connectivity index (χ2n) is 9.22. The fraction of sp³-hybridized carbons (Fsp3) is 0.308. The van der Waals surface area contributed by atoms with E-state index < -0.39 is 29.0 Å². The van der Waals surface area contributed by atoms with Crippen molar-refractivity contribution >= 4 is 21.6 Å². The average Bonchev–Trinajstić information content (AvgIpc) is 3.16. The van der Waals surface area contributed by atoms with E-state index in [9.17, 15) is 23.6 Å². The highest BCUT2D eigenvalue weighted by Gasteiger charge is 2.24. The van der Waals surface area contributed by atoms with Crippen LogP contribution in [0.4, 0.5) is 8.78 Å². The molecule has 3 heterocycles. The second-order valence-corrected chi connectivity index (χ2v) is 10.2. The molecule has 0 radical (unpaired) electrons. The van der Waals surface area contributed by atoms with Crippen LogP contribution in [0.2, 0.25) is 0 Å². The summed E-state index contributed by atoms with van der Waals surface area (Å²) in [7, 11) is 0. The molecule has 0 aliphatic rings. The first kappa shape index (κ1) is 25.3. The van der Waals surface area contributed by atoms with Crippen LogP contribution in [-0.2, 0) is 12.0 Å². The van der Waals surface area contributed by atoms with E-state index in [4.69, 9.17) is 4.74 Å². The number of thiophene rings is 1. The number of halogens is 2. The normalized spacial score (nSPS) is 12.0. The third-order valence-electron chi connectivity index (χ3n) is 5.92. The summed E-state index contributed by atoms with van der Waals surface area (Å²) in [4.78, 5) is 32.5. The summed E-state index contributed by atoms with van der Waals surface area (Å²) >= 11 is 1.19. The minimum atomic E-state index is -2.94. The highest BCUT2D eigenvalue weighted by molar-refractivity contribution is 7.22. The van der Waals surface area contributed by atoms with Crippen LogP contribution in [0.15, 0.2) is 52.2 Å². The maximum Gasteiger partial charge on any atom is 0.329 e. The minimum absolute atomic E-state index is 0.218. The molecule has 0 amide bonds.